The zero-order valence-electron chi connectivity index (χ0n) is 33.0. The van der Waals surface area contributed by atoms with Gasteiger partial charge in [0, 0.05) is 43.8 Å². The van der Waals surface area contributed by atoms with Crippen LogP contribution in [0, 0.1) is 0 Å². The van der Waals surface area contributed by atoms with Crippen molar-refractivity contribution in [2.75, 3.05) is 0 Å². The quantitative estimate of drug-likeness (QED) is 0.174. The first-order valence-corrected chi connectivity index (χ1v) is 20.4. The molecular weight excluding hydrogens is 733 g/mol. The number of hydrogen-bond acceptors (Lipinski definition) is 5. The van der Waals surface area contributed by atoms with Gasteiger partial charge in [0.2, 0.25) is 0 Å². The molecule has 60 heavy (non-hydrogen) atoms. The second-order valence-corrected chi connectivity index (χ2v) is 16.2. The van der Waals surface area contributed by atoms with Gasteiger partial charge in [-0.3, -0.25) is 0 Å². The minimum atomic E-state index is -0.0682. The van der Waals surface area contributed by atoms with E-state index in [1.165, 1.54) is 38.8 Å². The smallest absolute Gasteiger partial charge is 0.164 e. The van der Waals surface area contributed by atoms with E-state index in [9.17, 15) is 0 Å². The van der Waals surface area contributed by atoms with Crippen molar-refractivity contribution in [2.45, 2.75) is 19.3 Å². The third kappa shape index (κ3) is 5.33. The molecule has 1 aliphatic rings. The molecule has 0 saturated heterocycles. The molecule has 12 rings (SSSR count). The summed E-state index contributed by atoms with van der Waals surface area (Å²) in [6.07, 6.45) is 0. The molecule has 0 unspecified atom stereocenters. The number of nitrogens with zero attached hydrogens (tertiary/aromatic N) is 4. The molecular formula is C55H36N4O. The maximum absolute atomic E-state index is 6.50. The predicted octanol–water partition coefficient (Wildman–Crippen LogP) is 14.1. The van der Waals surface area contributed by atoms with Crippen LogP contribution in [-0.2, 0) is 5.41 Å². The van der Waals surface area contributed by atoms with Gasteiger partial charge >= 0.3 is 0 Å². The minimum Gasteiger partial charge on any atom is -0.454 e. The lowest BCUT2D eigenvalue weighted by molar-refractivity contribution is 0.660. The van der Waals surface area contributed by atoms with Crippen molar-refractivity contribution >= 4 is 43.6 Å². The van der Waals surface area contributed by atoms with Crippen molar-refractivity contribution in [3.63, 3.8) is 0 Å². The Balaban J connectivity index is 0.948. The predicted molar refractivity (Wildman–Crippen MR) is 245 cm³/mol. The maximum Gasteiger partial charge on any atom is 0.164 e. The van der Waals surface area contributed by atoms with Crippen LogP contribution in [0.15, 0.2) is 186 Å². The Bertz CT molecular complexity index is 3510. The highest BCUT2D eigenvalue weighted by Crippen LogP contribution is 2.50. The number of aromatic nitrogens is 4. The molecule has 0 atom stereocenters. The van der Waals surface area contributed by atoms with Crippen LogP contribution < -0.4 is 0 Å². The Morgan fingerprint density at radius 2 is 1.02 bits per heavy atom. The second-order valence-electron chi connectivity index (χ2n) is 16.2. The Morgan fingerprint density at radius 3 is 1.85 bits per heavy atom. The summed E-state index contributed by atoms with van der Waals surface area (Å²) in [5.41, 5.74) is 14.8. The van der Waals surface area contributed by atoms with Gasteiger partial charge < -0.3 is 4.42 Å². The molecule has 0 saturated carbocycles. The Morgan fingerprint density at radius 1 is 0.400 bits per heavy atom. The molecule has 0 aliphatic heterocycles. The lowest BCUT2D eigenvalue weighted by Gasteiger charge is -2.22. The fraction of sp³-hybridized carbons (Fsp3) is 0.0545. The van der Waals surface area contributed by atoms with Gasteiger partial charge in [0.15, 0.2) is 23.1 Å². The van der Waals surface area contributed by atoms with E-state index in [1.54, 1.807) is 0 Å². The largest absolute Gasteiger partial charge is 0.454 e. The molecule has 8 aromatic carbocycles. The van der Waals surface area contributed by atoms with Gasteiger partial charge in [-0.15, -0.1) is 0 Å². The van der Waals surface area contributed by atoms with Gasteiger partial charge in [0.1, 0.15) is 11.3 Å². The molecule has 0 spiro atoms. The van der Waals surface area contributed by atoms with Crippen molar-refractivity contribution in [1.29, 1.82) is 0 Å². The van der Waals surface area contributed by atoms with Crippen LogP contribution in [-0.4, -0.2) is 19.9 Å². The summed E-state index contributed by atoms with van der Waals surface area (Å²) < 4.78 is 6.50. The van der Waals surface area contributed by atoms with E-state index in [-0.39, 0.29) is 5.41 Å². The molecule has 5 heteroatoms. The number of rotatable bonds is 5. The van der Waals surface area contributed by atoms with E-state index < -0.39 is 0 Å². The monoisotopic (exact) mass is 768 g/mol. The van der Waals surface area contributed by atoms with Crippen LogP contribution in [0.4, 0.5) is 0 Å². The van der Waals surface area contributed by atoms with Crippen molar-refractivity contribution in [1.82, 2.24) is 19.9 Å². The van der Waals surface area contributed by atoms with Crippen LogP contribution >= 0.6 is 0 Å². The summed E-state index contributed by atoms with van der Waals surface area (Å²) in [7, 11) is 0. The molecule has 282 valence electrons. The first-order valence-electron chi connectivity index (χ1n) is 20.4. The molecule has 3 aromatic heterocycles. The second kappa shape index (κ2) is 13.1. The number of pyridine rings is 1. The number of para-hydroxylation sites is 2. The molecule has 0 bridgehead atoms. The van der Waals surface area contributed by atoms with Crippen LogP contribution in [0.25, 0.3) is 111 Å². The molecule has 0 N–H and O–H groups in total. The lowest BCUT2D eigenvalue weighted by Crippen LogP contribution is -2.14. The maximum atomic E-state index is 6.50. The SMILES string of the molecule is CC1(C)c2ccccc2-c2ccc(-c3cccc4cc(-c5nc(-c6ccccc6)nc(-c6ccc(-c7nc8ccccc8c8c7oc7ccccc78)cc6)n5)ccc34)cc21. The topological polar surface area (TPSA) is 64.7 Å². The third-order valence-corrected chi connectivity index (χ3v) is 12.3. The molecule has 0 amide bonds. The Hall–Kier alpha value is -7.76. The highest BCUT2D eigenvalue weighted by molar-refractivity contribution is 6.20. The normalized spacial score (nSPS) is 13.0. The van der Waals surface area contributed by atoms with Gasteiger partial charge in [-0.1, -0.05) is 172 Å². The first-order chi connectivity index (χ1) is 29.5. The highest BCUT2D eigenvalue weighted by Gasteiger charge is 2.35. The summed E-state index contributed by atoms with van der Waals surface area (Å²) in [5, 5.41) is 5.55. The third-order valence-electron chi connectivity index (χ3n) is 12.3. The van der Waals surface area contributed by atoms with Crippen molar-refractivity contribution in [3.05, 3.63) is 193 Å². The van der Waals surface area contributed by atoms with Crippen LogP contribution in [0.1, 0.15) is 25.0 Å². The van der Waals surface area contributed by atoms with E-state index in [0.717, 1.165) is 66.2 Å². The Kier molecular flexibility index (Phi) is 7.51. The minimum absolute atomic E-state index is 0.0682. The summed E-state index contributed by atoms with van der Waals surface area (Å²) >= 11 is 0. The molecule has 0 fully saturated rings. The van der Waals surface area contributed by atoms with E-state index in [1.807, 2.05) is 48.5 Å². The van der Waals surface area contributed by atoms with Crippen molar-refractivity contribution < 1.29 is 4.42 Å². The van der Waals surface area contributed by atoms with E-state index in [2.05, 4.69) is 147 Å². The first kappa shape index (κ1) is 34.3. The Labute approximate surface area is 346 Å². The van der Waals surface area contributed by atoms with E-state index in [4.69, 9.17) is 24.4 Å². The lowest BCUT2D eigenvalue weighted by atomic mass is 9.81. The van der Waals surface area contributed by atoms with Crippen molar-refractivity contribution in [3.8, 4) is 67.7 Å². The molecule has 1 aliphatic carbocycles. The van der Waals surface area contributed by atoms with Crippen LogP contribution in [0.3, 0.4) is 0 Å². The zero-order valence-corrected chi connectivity index (χ0v) is 33.0. The number of hydrogen-bond donors (Lipinski definition) is 0. The number of furan rings is 1. The average molecular weight is 769 g/mol. The summed E-state index contributed by atoms with van der Waals surface area (Å²) in [6.45, 7) is 4.67. The van der Waals surface area contributed by atoms with Crippen LogP contribution in [0.5, 0.6) is 0 Å². The van der Waals surface area contributed by atoms with Crippen molar-refractivity contribution in [2.24, 2.45) is 0 Å². The van der Waals surface area contributed by atoms with E-state index in [0.29, 0.717) is 17.5 Å². The average Bonchev–Trinajstić information content (AvgIpc) is 3.81. The van der Waals surface area contributed by atoms with Gasteiger partial charge in [-0.2, -0.15) is 0 Å². The highest BCUT2D eigenvalue weighted by atomic mass is 16.3. The summed E-state index contributed by atoms with van der Waals surface area (Å²) in [4.78, 5) is 20.4. The molecule has 0 radical (unpaired) electrons. The number of benzene rings is 8. The van der Waals surface area contributed by atoms with Gasteiger partial charge in [0.05, 0.1) is 5.52 Å². The summed E-state index contributed by atoms with van der Waals surface area (Å²) in [6, 6.07) is 63.7. The standard InChI is InChI=1S/C55H36N4O/c1-55(2)45-20-9-6-16-41(45)42-30-27-37(32-46(42)55)39-19-12-15-36-31-38(28-29-40(36)39)54-58-52(34-13-4-3-5-14-34)57-53(59-54)35-25-23-33(24-26-35)50-51-49(43-17-7-10-21-47(43)56-50)44-18-8-11-22-48(44)60-51/h3-32H,1-2H3. The summed E-state index contributed by atoms with van der Waals surface area (Å²) in [5.74, 6) is 1.84. The molecule has 5 nitrogen and oxygen atoms in total. The fourth-order valence-corrected chi connectivity index (χ4v) is 9.30. The van der Waals surface area contributed by atoms with Gasteiger partial charge in [0.25, 0.3) is 0 Å². The van der Waals surface area contributed by atoms with Gasteiger partial charge in [-0.25, -0.2) is 19.9 Å². The molecule has 3 heterocycles. The number of fused-ring (bicyclic) bond motifs is 9. The van der Waals surface area contributed by atoms with E-state index >= 15 is 0 Å². The fourth-order valence-electron chi connectivity index (χ4n) is 9.30. The zero-order chi connectivity index (χ0) is 40.0. The van der Waals surface area contributed by atoms with Crippen LogP contribution in [0.2, 0.25) is 0 Å². The van der Waals surface area contributed by atoms with Gasteiger partial charge in [-0.05, 0) is 68.4 Å². The molecule has 11 aromatic rings.